The van der Waals surface area contributed by atoms with Gasteiger partial charge in [-0.2, -0.15) is 0 Å². The molecule has 1 aliphatic heterocycles. The van der Waals surface area contributed by atoms with Crippen molar-refractivity contribution in [3.8, 4) is 0 Å². The predicted octanol–water partition coefficient (Wildman–Crippen LogP) is 2.46. The van der Waals surface area contributed by atoms with Crippen LogP contribution in [-0.2, 0) is 6.42 Å². The summed E-state index contributed by atoms with van der Waals surface area (Å²) in [7, 11) is 0. The second-order valence-corrected chi connectivity index (χ2v) is 4.43. The number of rotatable bonds is 2. The normalized spacial score (nSPS) is 21.4. The fourth-order valence-electron chi connectivity index (χ4n) is 2.35. The summed E-state index contributed by atoms with van der Waals surface area (Å²) >= 11 is 0. The minimum atomic E-state index is 0.856. The molecule has 0 radical (unpaired) electrons. The van der Waals surface area contributed by atoms with E-state index in [9.17, 15) is 0 Å². The first kappa shape index (κ1) is 9.72. The van der Waals surface area contributed by atoms with E-state index in [2.05, 4.69) is 37.4 Å². The van der Waals surface area contributed by atoms with Gasteiger partial charge in [-0.05, 0) is 62.4 Å². The molecule has 0 bridgehead atoms. The van der Waals surface area contributed by atoms with Crippen LogP contribution in [0.5, 0.6) is 0 Å². The molecule has 1 fully saturated rings. The van der Waals surface area contributed by atoms with E-state index < -0.39 is 0 Å². The van der Waals surface area contributed by atoms with Gasteiger partial charge in [-0.3, -0.25) is 0 Å². The smallest absolute Gasteiger partial charge is 0.00169 e. The van der Waals surface area contributed by atoms with Crippen molar-refractivity contribution in [3.05, 3.63) is 34.9 Å². The summed E-state index contributed by atoms with van der Waals surface area (Å²) in [6, 6.07) is 6.61. The molecule has 1 N–H and O–H groups in total. The highest BCUT2D eigenvalue weighted by Crippen LogP contribution is 2.20. The Kier molecular flexibility index (Phi) is 2.87. The third-order valence-corrected chi connectivity index (χ3v) is 3.30. The molecule has 14 heavy (non-hydrogen) atoms. The second kappa shape index (κ2) is 4.14. The number of benzene rings is 1. The van der Waals surface area contributed by atoms with Gasteiger partial charge in [0.2, 0.25) is 0 Å². The van der Waals surface area contributed by atoms with Crippen LogP contribution in [0, 0.1) is 19.8 Å². The van der Waals surface area contributed by atoms with Gasteiger partial charge in [0.25, 0.3) is 0 Å². The largest absolute Gasteiger partial charge is 0.316 e. The molecule has 0 amide bonds. The van der Waals surface area contributed by atoms with Crippen LogP contribution < -0.4 is 5.32 Å². The van der Waals surface area contributed by atoms with E-state index in [0.29, 0.717) is 0 Å². The lowest BCUT2D eigenvalue weighted by atomic mass is 9.92. The average molecular weight is 189 g/mol. The van der Waals surface area contributed by atoms with Gasteiger partial charge >= 0.3 is 0 Å². The molecule has 1 unspecified atom stereocenters. The Hall–Kier alpha value is -0.820. The maximum atomic E-state index is 3.43. The molecular formula is C13H19N. The average Bonchev–Trinajstić information content (AvgIpc) is 2.64. The van der Waals surface area contributed by atoms with Gasteiger partial charge in [0, 0.05) is 0 Å². The second-order valence-electron chi connectivity index (χ2n) is 4.43. The lowest BCUT2D eigenvalue weighted by molar-refractivity contribution is 0.577. The van der Waals surface area contributed by atoms with Gasteiger partial charge in [-0.25, -0.2) is 0 Å². The maximum Gasteiger partial charge on any atom is -0.00169 e. The van der Waals surface area contributed by atoms with E-state index in [-0.39, 0.29) is 0 Å². The molecule has 1 saturated heterocycles. The monoisotopic (exact) mass is 189 g/mol. The summed E-state index contributed by atoms with van der Waals surface area (Å²) in [5, 5.41) is 3.43. The molecule has 1 aliphatic rings. The van der Waals surface area contributed by atoms with Crippen molar-refractivity contribution in [2.75, 3.05) is 13.1 Å². The van der Waals surface area contributed by atoms with Crippen LogP contribution in [0.3, 0.4) is 0 Å². The van der Waals surface area contributed by atoms with Crippen molar-refractivity contribution in [1.82, 2.24) is 5.32 Å². The topological polar surface area (TPSA) is 12.0 Å². The Morgan fingerprint density at radius 1 is 1.29 bits per heavy atom. The summed E-state index contributed by atoms with van der Waals surface area (Å²) in [5.74, 6) is 0.856. The molecule has 1 atom stereocenters. The van der Waals surface area contributed by atoms with Crippen LogP contribution in [0.1, 0.15) is 23.1 Å². The maximum absolute atomic E-state index is 3.43. The molecule has 0 saturated carbocycles. The highest BCUT2D eigenvalue weighted by molar-refractivity contribution is 5.33. The van der Waals surface area contributed by atoms with Gasteiger partial charge in [0.1, 0.15) is 0 Å². The Bertz CT molecular complexity index is 291. The standard InChI is InChI=1S/C13H19N/c1-10-4-3-5-11(2)13(10)8-12-6-7-14-9-12/h3-5,12,14H,6-9H2,1-2H3. The van der Waals surface area contributed by atoms with Crippen molar-refractivity contribution in [2.45, 2.75) is 26.7 Å². The number of hydrogen-bond donors (Lipinski definition) is 1. The first-order chi connectivity index (χ1) is 6.77. The molecule has 1 nitrogen and oxygen atoms in total. The number of hydrogen-bond acceptors (Lipinski definition) is 1. The summed E-state index contributed by atoms with van der Waals surface area (Å²) < 4.78 is 0. The first-order valence-electron chi connectivity index (χ1n) is 5.53. The van der Waals surface area contributed by atoms with E-state index >= 15 is 0 Å². The quantitative estimate of drug-likeness (QED) is 0.753. The van der Waals surface area contributed by atoms with Crippen molar-refractivity contribution in [3.63, 3.8) is 0 Å². The molecule has 1 aromatic carbocycles. The third kappa shape index (κ3) is 1.98. The van der Waals surface area contributed by atoms with Crippen LogP contribution >= 0.6 is 0 Å². The Balaban J connectivity index is 2.14. The number of nitrogens with one attached hydrogen (secondary N) is 1. The molecular weight excluding hydrogens is 170 g/mol. The van der Waals surface area contributed by atoms with E-state index in [0.717, 1.165) is 5.92 Å². The lowest BCUT2D eigenvalue weighted by Crippen LogP contribution is -2.11. The summed E-state index contributed by atoms with van der Waals surface area (Å²) in [6.45, 7) is 6.86. The van der Waals surface area contributed by atoms with Gasteiger partial charge in [-0.1, -0.05) is 18.2 Å². The molecule has 0 aromatic heterocycles. The zero-order valence-corrected chi connectivity index (χ0v) is 9.14. The van der Waals surface area contributed by atoms with Gasteiger partial charge in [0.15, 0.2) is 0 Å². The molecule has 1 aromatic rings. The number of aryl methyl sites for hydroxylation is 2. The van der Waals surface area contributed by atoms with Crippen molar-refractivity contribution in [1.29, 1.82) is 0 Å². The predicted molar refractivity (Wildman–Crippen MR) is 60.6 cm³/mol. The molecule has 1 heterocycles. The molecule has 2 rings (SSSR count). The Labute approximate surface area is 86.5 Å². The highest BCUT2D eigenvalue weighted by Gasteiger charge is 2.16. The molecule has 0 spiro atoms. The van der Waals surface area contributed by atoms with Gasteiger partial charge < -0.3 is 5.32 Å². The Morgan fingerprint density at radius 2 is 2.00 bits per heavy atom. The zero-order chi connectivity index (χ0) is 9.97. The highest BCUT2D eigenvalue weighted by atomic mass is 14.9. The van der Waals surface area contributed by atoms with Crippen molar-refractivity contribution >= 4 is 0 Å². The van der Waals surface area contributed by atoms with E-state index in [1.54, 1.807) is 5.56 Å². The minimum Gasteiger partial charge on any atom is -0.316 e. The molecule has 0 aliphatic carbocycles. The summed E-state index contributed by atoms with van der Waals surface area (Å²) in [6.07, 6.45) is 2.60. The lowest BCUT2D eigenvalue weighted by Gasteiger charge is -2.13. The SMILES string of the molecule is Cc1cccc(C)c1CC1CCNC1. The molecule has 1 heteroatoms. The van der Waals surface area contributed by atoms with Crippen LogP contribution in [0.15, 0.2) is 18.2 Å². The summed E-state index contributed by atoms with van der Waals surface area (Å²) in [4.78, 5) is 0. The van der Waals surface area contributed by atoms with Crippen molar-refractivity contribution in [2.24, 2.45) is 5.92 Å². The van der Waals surface area contributed by atoms with E-state index in [4.69, 9.17) is 0 Å². The van der Waals surface area contributed by atoms with Crippen LogP contribution in [-0.4, -0.2) is 13.1 Å². The zero-order valence-electron chi connectivity index (χ0n) is 9.14. The van der Waals surface area contributed by atoms with Crippen molar-refractivity contribution < 1.29 is 0 Å². The fourth-order valence-corrected chi connectivity index (χ4v) is 2.35. The first-order valence-corrected chi connectivity index (χ1v) is 5.53. The van der Waals surface area contributed by atoms with Gasteiger partial charge in [-0.15, -0.1) is 0 Å². The Morgan fingerprint density at radius 3 is 2.57 bits per heavy atom. The van der Waals surface area contributed by atoms with Gasteiger partial charge in [0.05, 0.1) is 0 Å². The van der Waals surface area contributed by atoms with Crippen LogP contribution in [0.25, 0.3) is 0 Å². The van der Waals surface area contributed by atoms with E-state index in [1.807, 2.05) is 0 Å². The van der Waals surface area contributed by atoms with Crippen LogP contribution in [0.2, 0.25) is 0 Å². The molecule has 76 valence electrons. The van der Waals surface area contributed by atoms with E-state index in [1.165, 1.54) is 37.1 Å². The minimum absolute atomic E-state index is 0.856. The third-order valence-electron chi connectivity index (χ3n) is 3.30. The summed E-state index contributed by atoms with van der Waals surface area (Å²) in [5.41, 5.74) is 4.48. The fraction of sp³-hybridized carbons (Fsp3) is 0.538. The van der Waals surface area contributed by atoms with Crippen LogP contribution in [0.4, 0.5) is 0 Å².